The summed E-state index contributed by atoms with van der Waals surface area (Å²) in [6, 6.07) is 10.8. The van der Waals surface area contributed by atoms with E-state index >= 15 is 0 Å². The van der Waals surface area contributed by atoms with Gasteiger partial charge in [0.2, 0.25) is 0 Å². The number of aryl methyl sites for hydroxylation is 2. The largest absolute Gasteiger partial charge is 0.488 e. The van der Waals surface area contributed by atoms with Crippen molar-refractivity contribution in [2.75, 3.05) is 31.6 Å². The van der Waals surface area contributed by atoms with Crippen LogP contribution in [0.4, 0.5) is 5.13 Å². The molecule has 6 rings (SSSR count). The summed E-state index contributed by atoms with van der Waals surface area (Å²) in [5.41, 5.74) is 8.12. The molecule has 0 bridgehead atoms. The van der Waals surface area contributed by atoms with Crippen LogP contribution in [0.3, 0.4) is 0 Å². The molecule has 7 heteroatoms. The SMILES string of the molecule is COC(=O)[C@]12C[C@H]1CN(c1nc(-c3cccc(C)c3OCc3cc(C)c4c(c3)CCNC4)cs1)C2. The highest BCUT2D eigenvalue weighted by atomic mass is 32.1. The molecule has 3 heterocycles. The normalized spacial score (nSPS) is 22.5. The van der Waals surface area contributed by atoms with Crippen molar-refractivity contribution in [1.82, 2.24) is 10.3 Å². The number of hydrogen-bond acceptors (Lipinski definition) is 7. The number of rotatable bonds is 6. The van der Waals surface area contributed by atoms with E-state index in [4.69, 9.17) is 14.5 Å². The van der Waals surface area contributed by atoms with Crippen molar-refractivity contribution in [3.63, 3.8) is 0 Å². The number of benzene rings is 2. The lowest BCUT2D eigenvalue weighted by Crippen LogP contribution is -2.29. The van der Waals surface area contributed by atoms with E-state index in [9.17, 15) is 4.79 Å². The molecule has 1 saturated heterocycles. The Hall–Kier alpha value is -2.90. The van der Waals surface area contributed by atoms with Crippen LogP contribution in [0.15, 0.2) is 35.7 Å². The first kappa shape index (κ1) is 22.6. The number of carbonyl (C=O) groups excluding carboxylic acids is 1. The van der Waals surface area contributed by atoms with Gasteiger partial charge in [-0.2, -0.15) is 0 Å². The number of carbonyl (C=O) groups is 1. The van der Waals surface area contributed by atoms with Crippen molar-refractivity contribution in [2.24, 2.45) is 11.3 Å². The number of fused-ring (bicyclic) bond motifs is 2. The number of methoxy groups -OCH3 is 1. The second-order valence-electron chi connectivity index (χ2n) is 10.2. The topological polar surface area (TPSA) is 63.7 Å². The Morgan fingerprint density at radius 1 is 1.29 bits per heavy atom. The van der Waals surface area contributed by atoms with Gasteiger partial charge in [0.15, 0.2) is 5.13 Å². The van der Waals surface area contributed by atoms with E-state index in [1.54, 1.807) is 11.3 Å². The first-order chi connectivity index (χ1) is 17.0. The summed E-state index contributed by atoms with van der Waals surface area (Å²) in [5, 5.41) is 6.53. The molecular formula is C28H31N3O3S. The highest BCUT2D eigenvalue weighted by Crippen LogP contribution is 2.59. The van der Waals surface area contributed by atoms with Gasteiger partial charge in [-0.3, -0.25) is 4.79 Å². The highest BCUT2D eigenvalue weighted by Gasteiger charge is 2.66. The van der Waals surface area contributed by atoms with Crippen LogP contribution in [0, 0.1) is 25.2 Å². The van der Waals surface area contributed by atoms with E-state index in [0.29, 0.717) is 19.1 Å². The van der Waals surface area contributed by atoms with E-state index in [2.05, 4.69) is 59.8 Å². The molecule has 2 atom stereocenters. The molecule has 0 radical (unpaired) electrons. The average Bonchev–Trinajstić information content (AvgIpc) is 3.20. The minimum Gasteiger partial charge on any atom is -0.488 e. The van der Waals surface area contributed by atoms with Crippen LogP contribution in [0.2, 0.25) is 0 Å². The molecule has 2 fully saturated rings. The molecular weight excluding hydrogens is 458 g/mol. The lowest BCUT2D eigenvalue weighted by Gasteiger charge is -2.21. The number of para-hydroxylation sites is 1. The number of ether oxygens (including phenoxy) is 2. The van der Waals surface area contributed by atoms with Crippen molar-refractivity contribution in [2.45, 2.75) is 39.8 Å². The first-order valence-corrected chi connectivity index (χ1v) is 13.2. The fourth-order valence-corrected chi connectivity index (χ4v) is 6.69. The Bertz CT molecular complexity index is 1300. The smallest absolute Gasteiger partial charge is 0.313 e. The Labute approximate surface area is 210 Å². The minimum atomic E-state index is -0.318. The van der Waals surface area contributed by atoms with Gasteiger partial charge in [0.1, 0.15) is 12.4 Å². The van der Waals surface area contributed by atoms with Crippen molar-refractivity contribution < 1.29 is 14.3 Å². The Morgan fingerprint density at radius 2 is 2.17 bits per heavy atom. The number of esters is 1. The maximum Gasteiger partial charge on any atom is 0.313 e. The van der Waals surface area contributed by atoms with Crippen molar-refractivity contribution >= 4 is 22.4 Å². The molecule has 1 N–H and O–H groups in total. The molecule has 3 aromatic rings. The van der Waals surface area contributed by atoms with E-state index in [1.807, 2.05) is 0 Å². The van der Waals surface area contributed by atoms with Crippen LogP contribution in [0.1, 0.15) is 34.2 Å². The van der Waals surface area contributed by atoms with Gasteiger partial charge in [-0.1, -0.05) is 24.3 Å². The van der Waals surface area contributed by atoms with E-state index in [0.717, 1.165) is 60.2 Å². The third-order valence-corrected chi connectivity index (χ3v) is 8.77. The van der Waals surface area contributed by atoms with Crippen LogP contribution < -0.4 is 15.0 Å². The van der Waals surface area contributed by atoms with Crippen LogP contribution in [0.5, 0.6) is 5.75 Å². The van der Waals surface area contributed by atoms with E-state index in [1.165, 1.54) is 29.4 Å². The Balaban J connectivity index is 1.22. The number of aromatic nitrogens is 1. The van der Waals surface area contributed by atoms with Crippen LogP contribution in [-0.4, -0.2) is 37.7 Å². The third kappa shape index (κ3) is 3.91. The molecule has 2 aromatic carbocycles. The Morgan fingerprint density at radius 3 is 3.03 bits per heavy atom. The number of piperidine rings is 1. The Kier molecular flexibility index (Phi) is 5.57. The minimum absolute atomic E-state index is 0.0789. The van der Waals surface area contributed by atoms with Gasteiger partial charge in [-0.05, 0) is 73.0 Å². The zero-order valence-corrected chi connectivity index (χ0v) is 21.3. The number of nitrogens with one attached hydrogen (secondary N) is 1. The summed E-state index contributed by atoms with van der Waals surface area (Å²) in [6.45, 7) is 8.36. The first-order valence-electron chi connectivity index (χ1n) is 12.3. The highest BCUT2D eigenvalue weighted by molar-refractivity contribution is 7.14. The third-order valence-electron chi connectivity index (χ3n) is 7.87. The van der Waals surface area contributed by atoms with Gasteiger partial charge in [-0.25, -0.2) is 4.98 Å². The fraction of sp³-hybridized carbons (Fsp3) is 0.429. The zero-order valence-electron chi connectivity index (χ0n) is 20.5. The summed E-state index contributed by atoms with van der Waals surface area (Å²) in [5.74, 6) is 1.19. The van der Waals surface area contributed by atoms with Gasteiger partial charge in [0.05, 0.1) is 18.2 Å². The second-order valence-corrected chi connectivity index (χ2v) is 11.0. The standard InChI is InChI=1S/C28H31N3O3S/c1-17-5-4-6-22(25(17)34-14-19-9-18(2)23-12-29-8-7-20(23)10-19)24-15-35-27(30-24)31-13-21-11-28(21,16-31)26(32)33-3/h4-6,9-10,15,21,29H,7-8,11-14,16H2,1-3H3/t21-,28-/m0/s1. The predicted octanol–water partition coefficient (Wildman–Crippen LogP) is 4.65. The molecule has 6 nitrogen and oxygen atoms in total. The number of hydrogen-bond donors (Lipinski definition) is 1. The predicted molar refractivity (Wildman–Crippen MR) is 138 cm³/mol. The maximum atomic E-state index is 12.3. The average molecular weight is 490 g/mol. The van der Waals surface area contributed by atoms with Gasteiger partial charge in [0.25, 0.3) is 0 Å². The molecule has 3 aliphatic rings. The maximum absolute atomic E-state index is 12.3. The number of nitrogens with zero attached hydrogens (tertiary/aromatic N) is 2. The number of anilines is 1. The summed E-state index contributed by atoms with van der Waals surface area (Å²) < 4.78 is 11.5. The van der Waals surface area contributed by atoms with Crippen molar-refractivity contribution in [3.05, 3.63) is 63.5 Å². The summed E-state index contributed by atoms with van der Waals surface area (Å²) >= 11 is 1.63. The lowest BCUT2D eigenvalue weighted by molar-refractivity contribution is -0.146. The quantitative estimate of drug-likeness (QED) is 0.509. The monoisotopic (exact) mass is 489 g/mol. The molecule has 1 aliphatic carbocycles. The van der Waals surface area contributed by atoms with Crippen LogP contribution in [-0.2, 0) is 29.1 Å². The van der Waals surface area contributed by atoms with Crippen molar-refractivity contribution in [1.29, 1.82) is 0 Å². The van der Waals surface area contributed by atoms with Crippen LogP contribution in [0.25, 0.3) is 11.3 Å². The zero-order chi connectivity index (χ0) is 24.2. The van der Waals surface area contributed by atoms with Gasteiger partial charge in [0, 0.05) is 30.6 Å². The summed E-state index contributed by atoms with van der Waals surface area (Å²) in [6.07, 6.45) is 2.00. The molecule has 0 spiro atoms. The molecule has 0 amide bonds. The fourth-order valence-electron chi connectivity index (χ4n) is 5.85. The van der Waals surface area contributed by atoms with Crippen molar-refractivity contribution in [3.8, 4) is 17.0 Å². The molecule has 35 heavy (non-hydrogen) atoms. The van der Waals surface area contributed by atoms with Crippen LogP contribution >= 0.6 is 11.3 Å². The van der Waals surface area contributed by atoms with Gasteiger partial charge < -0.3 is 19.7 Å². The van der Waals surface area contributed by atoms with Gasteiger partial charge >= 0.3 is 5.97 Å². The van der Waals surface area contributed by atoms with E-state index in [-0.39, 0.29) is 11.4 Å². The lowest BCUT2D eigenvalue weighted by atomic mass is 9.94. The summed E-state index contributed by atoms with van der Waals surface area (Å²) in [7, 11) is 1.48. The molecule has 2 aliphatic heterocycles. The molecule has 1 saturated carbocycles. The van der Waals surface area contributed by atoms with E-state index < -0.39 is 0 Å². The molecule has 0 unspecified atom stereocenters. The number of thiazole rings is 1. The molecule has 1 aromatic heterocycles. The molecule has 182 valence electrons. The second kappa shape index (κ2) is 8.64. The van der Waals surface area contributed by atoms with Gasteiger partial charge in [-0.15, -0.1) is 11.3 Å². The summed E-state index contributed by atoms with van der Waals surface area (Å²) in [4.78, 5) is 19.5.